The summed E-state index contributed by atoms with van der Waals surface area (Å²) in [5, 5.41) is 3.62. The van der Waals surface area contributed by atoms with Crippen LogP contribution >= 0.6 is 0 Å². The van der Waals surface area contributed by atoms with Gasteiger partial charge in [0.15, 0.2) is 11.5 Å². The minimum atomic E-state index is 0.0676. The van der Waals surface area contributed by atoms with E-state index in [4.69, 9.17) is 9.97 Å². The lowest BCUT2D eigenvalue weighted by Crippen LogP contribution is -2.32. The lowest BCUT2D eigenvalue weighted by Gasteiger charge is -2.29. The Kier molecular flexibility index (Phi) is 6.01. The second-order valence-corrected chi connectivity index (χ2v) is 10.4. The third-order valence-electron chi connectivity index (χ3n) is 6.68. The zero-order valence-corrected chi connectivity index (χ0v) is 21.2. The van der Waals surface area contributed by atoms with Crippen LogP contribution in [0, 0.1) is 6.92 Å². The van der Waals surface area contributed by atoms with Gasteiger partial charge in [0.25, 0.3) is 0 Å². The molecule has 3 aromatic heterocycles. The summed E-state index contributed by atoms with van der Waals surface area (Å²) in [5.74, 6) is 1.52. The highest BCUT2D eigenvalue weighted by molar-refractivity contribution is 5.87. The molecule has 0 amide bonds. The molecule has 1 N–H and O–H groups in total. The van der Waals surface area contributed by atoms with Gasteiger partial charge < -0.3 is 14.8 Å². The van der Waals surface area contributed by atoms with E-state index in [-0.39, 0.29) is 5.41 Å². The maximum Gasteiger partial charge on any atom is 0.229 e. The number of hydrogen-bond donors (Lipinski definition) is 1. The van der Waals surface area contributed by atoms with Crippen molar-refractivity contribution in [2.45, 2.75) is 46.0 Å². The molecule has 0 unspecified atom stereocenters. The van der Waals surface area contributed by atoms with E-state index < -0.39 is 0 Å². The van der Waals surface area contributed by atoms with E-state index in [0.717, 1.165) is 48.9 Å². The zero-order valence-electron chi connectivity index (χ0n) is 21.2. The van der Waals surface area contributed by atoms with Crippen molar-refractivity contribution < 1.29 is 0 Å². The lowest BCUT2D eigenvalue weighted by molar-refractivity contribution is 0.590. The Bertz CT molecular complexity index is 1370. The fourth-order valence-corrected chi connectivity index (χ4v) is 4.46. The normalized spacial score (nSPS) is 14.4. The van der Waals surface area contributed by atoms with Crippen molar-refractivity contribution in [3.63, 3.8) is 0 Å². The molecule has 0 radical (unpaired) electrons. The van der Waals surface area contributed by atoms with Crippen LogP contribution in [0.4, 0.5) is 17.5 Å². The Morgan fingerprint density at radius 3 is 2.46 bits per heavy atom. The maximum absolute atomic E-state index is 5.01. The standard InChI is InChI=1S/C28H33N7/c1-19-6-7-22(28(2,3)4)17-23(19)31-26-24-25(30-18-34(24)5)32-27(33-26)35-14-10-21(11-15-35)16-20-8-12-29-13-9-20/h6-9,12-13,16-18H,10-11,14-15H2,1-5H3,(H,31,32,33). The van der Waals surface area contributed by atoms with Gasteiger partial charge >= 0.3 is 0 Å². The predicted octanol–water partition coefficient (Wildman–Crippen LogP) is 5.79. The Morgan fingerprint density at radius 1 is 1.00 bits per heavy atom. The molecule has 5 rings (SSSR count). The molecule has 1 fully saturated rings. The molecule has 7 heteroatoms. The Labute approximate surface area is 207 Å². The molecule has 0 spiro atoms. The Balaban J connectivity index is 1.44. The van der Waals surface area contributed by atoms with Crippen LogP contribution in [0.25, 0.3) is 17.2 Å². The fraction of sp³-hybridized carbons (Fsp3) is 0.357. The van der Waals surface area contributed by atoms with E-state index in [1.54, 1.807) is 6.33 Å². The average molecular weight is 468 g/mol. The van der Waals surface area contributed by atoms with Crippen molar-refractivity contribution in [2.24, 2.45) is 7.05 Å². The van der Waals surface area contributed by atoms with Gasteiger partial charge in [-0.3, -0.25) is 4.98 Å². The maximum atomic E-state index is 5.01. The zero-order chi connectivity index (χ0) is 24.6. The van der Waals surface area contributed by atoms with Gasteiger partial charge in [0.2, 0.25) is 5.95 Å². The van der Waals surface area contributed by atoms with Crippen LogP contribution in [-0.2, 0) is 12.5 Å². The van der Waals surface area contributed by atoms with Gasteiger partial charge in [-0.1, -0.05) is 44.6 Å². The van der Waals surface area contributed by atoms with Gasteiger partial charge in [-0.2, -0.15) is 9.97 Å². The minimum Gasteiger partial charge on any atom is -0.340 e. The highest BCUT2D eigenvalue weighted by atomic mass is 15.3. The molecule has 180 valence electrons. The van der Waals surface area contributed by atoms with Crippen molar-refractivity contribution in [3.05, 3.63) is 71.3 Å². The highest BCUT2D eigenvalue weighted by Crippen LogP contribution is 2.32. The number of nitrogens with one attached hydrogen (secondary N) is 1. The summed E-state index contributed by atoms with van der Waals surface area (Å²) < 4.78 is 1.98. The molecule has 0 atom stereocenters. The molecule has 0 aliphatic carbocycles. The lowest BCUT2D eigenvalue weighted by atomic mass is 9.86. The van der Waals surface area contributed by atoms with Gasteiger partial charge in [0, 0.05) is 38.2 Å². The molecule has 4 aromatic rings. The number of benzene rings is 1. The fourth-order valence-electron chi connectivity index (χ4n) is 4.46. The highest BCUT2D eigenvalue weighted by Gasteiger charge is 2.21. The smallest absolute Gasteiger partial charge is 0.229 e. The van der Waals surface area contributed by atoms with Crippen molar-refractivity contribution >= 4 is 34.7 Å². The topological polar surface area (TPSA) is 71.8 Å². The third-order valence-corrected chi connectivity index (χ3v) is 6.68. The summed E-state index contributed by atoms with van der Waals surface area (Å²) in [6.07, 6.45) is 9.73. The van der Waals surface area contributed by atoms with Crippen LogP contribution < -0.4 is 10.2 Å². The van der Waals surface area contributed by atoms with Gasteiger partial charge in [-0.25, -0.2) is 4.98 Å². The quantitative estimate of drug-likeness (QED) is 0.409. The first-order valence-electron chi connectivity index (χ1n) is 12.2. The number of hydrogen-bond acceptors (Lipinski definition) is 6. The summed E-state index contributed by atoms with van der Waals surface area (Å²) in [6, 6.07) is 10.7. The number of piperidine rings is 1. The van der Waals surface area contributed by atoms with Crippen molar-refractivity contribution in [1.29, 1.82) is 0 Å². The molecule has 1 aromatic carbocycles. The van der Waals surface area contributed by atoms with Gasteiger partial charge in [0.05, 0.1) is 6.33 Å². The van der Waals surface area contributed by atoms with Crippen LogP contribution in [0.15, 0.2) is 54.6 Å². The van der Waals surface area contributed by atoms with E-state index in [2.05, 4.69) is 72.2 Å². The molecular weight excluding hydrogens is 434 g/mol. The molecule has 35 heavy (non-hydrogen) atoms. The van der Waals surface area contributed by atoms with Crippen LogP contribution in [0.1, 0.15) is 50.3 Å². The van der Waals surface area contributed by atoms with Crippen LogP contribution in [0.5, 0.6) is 0 Å². The number of imidazole rings is 1. The Hall–Kier alpha value is -3.74. The number of anilines is 3. The van der Waals surface area contributed by atoms with Crippen LogP contribution in [0.3, 0.4) is 0 Å². The van der Waals surface area contributed by atoms with E-state index in [1.807, 2.05) is 36.1 Å². The van der Waals surface area contributed by atoms with E-state index in [1.165, 1.54) is 22.3 Å². The van der Waals surface area contributed by atoms with E-state index in [0.29, 0.717) is 5.65 Å². The number of aromatic nitrogens is 5. The molecule has 7 nitrogen and oxygen atoms in total. The molecule has 1 aliphatic heterocycles. The summed E-state index contributed by atoms with van der Waals surface area (Å²) in [4.78, 5) is 20.8. The molecule has 0 saturated carbocycles. The molecule has 1 saturated heterocycles. The van der Waals surface area contributed by atoms with Crippen LogP contribution in [0.2, 0.25) is 0 Å². The number of pyridine rings is 1. The van der Waals surface area contributed by atoms with Gasteiger partial charge in [-0.05, 0) is 60.1 Å². The van der Waals surface area contributed by atoms with Crippen molar-refractivity contribution in [1.82, 2.24) is 24.5 Å². The first-order valence-corrected chi connectivity index (χ1v) is 12.2. The molecular formula is C28H33N7. The third kappa shape index (κ3) is 4.90. The predicted molar refractivity (Wildman–Crippen MR) is 143 cm³/mol. The average Bonchev–Trinajstić information content (AvgIpc) is 3.22. The summed E-state index contributed by atoms with van der Waals surface area (Å²) in [6.45, 7) is 10.6. The number of fused-ring (bicyclic) bond motifs is 1. The largest absolute Gasteiger partial charge is 0.340 e. The van der Waals surface area contributed by atoms with Crippen molar-refractivity contribution in [3.8, 4) is 0 Å². The summed E-state index contributed by atoms with van der Waals surface area (Å²) in [7, 11) is 1.99. The molecule has 4 heterocycles. The first-order chi connectivity index (χ1) is 16.8. The second kappa shape index (κ2) is 9.13. The van der Waals surface area contributed by atoms with Crippen LogP contribution in [-0.4, -0.2) is 37.6 Å². The SMILES string of the molecule is Cc1ccc(C(C)(C)C)cc1Nc1nc(N2CCC(=Cc3ccncc3)CC2)nc2ncn(C)c12. The monoisotopic (exact) mass is 467 g/mol. The van der Waals surface area contributed by atoms with E-state index in [9.17, 15) is 0 Å². The minimum absolute atomic E-state index is 0.0676. The summed E-state index contributed by atoms with van der Waals surface area (Å²) >= 11 is 0. The van der Waals surface area contributed by atoms with Gasteiger partial charge in [0.1, 0.15) is 5.52 Å². The number of nitrogens with zero attached hydrogens (tertiary/aromatic N) is 6. The number of aryl methyl sites for hydroxylation is 2. The van der Waals surface area contributed by atoms with Gasteiger partial charge in [-0.15, -0.1) is 0 Å². The Morgan fingerprint density at radius 2 is 1.74 bits per heavy atom. The molecule has 0 bridgehead atoms. The van der Waals surface area contributed by atoms with Crippen molar-refractivity contribution in [2.75, 3.05) is 23.3 Å². The molecule has 1 aliphatic rings. The van der Waals surface area contributed by atoms with E-state index >= 15 is 0 Å². The second-order valence-electron chi connectivity index (χ2n) is 10.4. The summed E-state index contributed by atoms with van der Waals surface area (Å²) in [5.41, 5.74) is 7.85. The number of rotatable bonds is 4. The first kappa shape index (κ1) is 23.0.